The number of nitrogen functional groups attached to an aromatic ring is 1. The molecule has 5 nitrogen and oxygen atoms in total. The molecule has 2 heterocycles. The van der Waals surface area contributed by atoms with Crippen molar-refractivity contribution in [2.24, 2.45) is 0 Å². The van der Waals surface area contributed by atoms with Gasteiger partial charge in [0.15, 0.2) is 0 Å². The number of imidazole rings is 1. The van der Waals surface area contributed by atoms with Crippen LogP contribution in [0.5, 0.6) is 0 Å². The van der Waals surface area contributed by atoms with Gasteiger partial charge in [-0.15, -0.1) is 0 Å². The van der Waals surface area contributed by atoms with Crippen molar-refractivity contribution in [1.29, 1.82) is 0 Å². The maximum atomic E-state index is 5.92. The summed E-state index contributed by atoms with van der Waals surface area (Å²) in [7, 11) is 0. The molecule has 3 N–H and O–H groups in total. The van der Waals surface area contributed by atoms with Crippen LogP contribution in [0, 0.1) is 0 Å². The van der Waals surface area contributed by atoms with Crippen LogP contribution in [0.15, 0.2) is 36.9 Å². The van der Waals surface area contributed by atoms with Crippen molar-refractivity contribution in [1.82, 2.24) is 14.9 Å². The Morgan fingerprint density at radius 3 is 3.00 bits per heavy atom. The first-order chi connectivity index (χ1) is 10.3. The number of rotatable bonds is 6. The largest absolute Gasteiger partial charge is 0.399 e. The Labute approximate surface area is 125 Å². The zero-order valence-corrected chi connectivity index (χ0v) is 12.3. The summed E-state index contributed by atoms with van der Waals surface area (Å²) in [5.74, 6) is 0. The standard InChI is InChI=1S/C16H23N5/c17-15-4-3-14-2-1-8-21(16(14)12-15)11-7-18-5-9-20-10-6-19-13-20/h3-4,6,10,12-13,18H,1-2,5,7-9,11,17H2. The van der Waals surface area contributed by atoms with E-state index in [1.807, 2.05) is 24.8 Å². The Bertz CT molecular complexity index is 564. The molecule has 3 rings (SSSR count). The Kier molecular flexibility index (Phi) is 4.40. The van der Waals surface area contributed by atoms with E-state index in [2.05, 4.69) is 31.9 Å². The van der Waals surface area contributed by atoms with Crippen LogP contribution < -0.4 is 16.0 Å². The molecular formula is C16H23N5. The van der Waals surface area contributed by atoms with Crippen LogP contribution in [-0.4, -0.2) is 35.7 Å². The lowest BCUT2D eigenvalue weighted by molar-refractivity contribution is 0.583. The number of fused-ring (bicyclic) bond motifs is 1. The van der Waals surface area contributed by atoms with E-state index in [-0.39, 0.29) is 0 Å². The Hall–Kier alpha value is -2.01. The minimum Gasteiger partial charge on any atom is -0.399 e. The zero-order valence-electron chi connectivity index (χ0n) is 12.3. The van der Waals surface area contributed by atoms with E-state index >= 15 is 0 Å². The summed E-state index contributed by atoms with van der Waals surface area (Å²) in [6, 6.07) is 6.29. The molecule has 112 valence electrons. The number of nitrogens with zero attached hydrogens (tertiary/aromatic N) is 3. The number of benzene rings is 1. The van der Waals surface area contributed by atoms with Crippen molar-refractivity contribution >= 4 is 11.4 Å². The lowest BCUT2D eigenvalue weighted by Crippen LogP contribution is -2.36. The first-order valence-corrected chi connectivity index (χ1v) is 7.63. The monoisotopic (exact) mass is 285 g/mol. The van der Waals surface area contributed by atoms with Gasteiger partial charge in [-0.2, -0.15) is 0 Å². The number of hydrogen-bond acceptors (Lipinski definition) is 4. The smallest absolute Gasteiger partial charge is 0.0946 e. The van der Waals surface area contributed by atoms with E-state index < -0.39 is 0 Å². The van der Waals surface area contributed by atoms with Crippen molar-refractivity contribution < 1.29 is 0 Å². The zero-order chi connectivity index (χ0) is 14.5. The summed E-state index contributed by atoms with van der Waals surface area (Å²) in [5.41, 5.74) is 9.52. The molecule has 21 heavy (non-hydrogen) atoms. The second-order valence-corrected chi connectivity index (χ2v) is 5.53. The van der Waals surface area contributed by atoms with Crippen molar-refractivity contribution in [3.05, 3.63) is 42.5 Å². The second kappa shape index (κ2) is 6.63. The third-order valence-electron chi connectivity index (χ3n) is 3.99. The fourth-order valence-electron chi connectivity index (χ4n) is 2.87. The second-order valence-electron chi connectivity index (χ2n) is 5.53. The van der Waals surface area contributed by atoms with E-state index in [9.17, 15) is 0 Å². The van der Waals surface area contributed by atoms with Crippen LogP contribution >= 0.6 is 0 Å². The van der Waals surface area contributed by atoms with Gasteiger partial charge in [-0.25, -0.2) is 4.98 Å². The van der Waals surface area contributed by atoms with Crippen LogP contribution in [-0.2, 0) is 13.0 Å². The minimum absolute atomic E-state index is 0.855. The molecule has 0 amide bonds. The van der Waals surface area contributed by atoms with Gasteiger partial charge in [-0.3, -0.25) is 0 Å². The maximum Gasteiger partial charge on any atom is 0.0946 e. The molecule has 0 bridgehead atoms. The molecule has 0 spiro atoms. The number of nitrogens with one attached hydrogen (secondary N) is 1. The summed E-state index contributed by atoms with van der Waals surface area (Å²) in [5, 5.41) is 3.49. The molecule has 0 saturated heterocycles. The highest BCUT2D eigenvalue weighted by atomic mass is 15.2. The summed E-state index contributed by atoms with van der Waals surface area (Å²) < 4.78 is 2.09. The molecule has 0 aliphatic carbocycles. The highest BCUT2D eigenvalue weighted by Crippen LogP contribution is 2.28. The molecule has 1 aliphatic heterocycles. The first-order valence-electron chi connectivity index (χ1n) is 7.63. The van der Waals surface area contributed by atoms with Crippen molar-refractivity contribution in [2.45, 2.75) is 19.4 Å². The van der Waals surface area contributed by atoms with E-state index in [4.69, 9.17) is 5.73 Å². The van der Waals surface area contributed by atoms with Crippen LogP contribution in [0.1, 0.15) is 12.0 Å². The van der Waals surface area contributed by atoms with Gasteiger partial charge in [-0.1, -0.05) is 6.07 Å². The van der Waals surface area contributed by atoms with Crippen molar-refractivity contribution in [3.63, 3.8) is 0 Å². The van der Waals surface area contributed by atoms with Crippen LogP contribution in [0.3, 0.4) is 0 Å². The average molecular weight is 285 g/mol. The van der Waals surface area contributed by atoms with Gasteiger partial charge in [-0.05, 0) is 30.5 Å². The highest BCUT2D eigenvalue weighted by Gasteiger charge is 2.16. The van der Waals surface area contributed by atoms with Gasteiger partial charge in [0.05, 0.1) is 6.33 Å². The van der Waals surface area contributed by atoms with Crippen molar-refractivity contribution in [2.75, 3.05) is 36.8 Å². The molecule has 1 aromatic heterocycles. The van der Waals surface area contributed by atoms with Crippen molar-refractivity contribution in [3.8, 4) is 0 Å². The molecule has 0 saturated carbocycles. The molecule has 0 atom stereocenters. The Morgan fingerprint density at radius 1 is 1.24 bits per heavy atom. The normalized spacial score (nSPS) is 14.2. The molecule has 0 fully saturated rings. The molecule has 1 aliphatic rings. The first kappa shape index (κ1) is 13.9. The van der Waals surface area contributed by atoms with Gasteiger partial charge in [0, 0.05) is 56.5 Å². The molecule has 5 heteroatoms. The quantitative estimate of drug-likeness (QED) is 0.624. The lowest BCUT2D eigenvalue weighted by atomic mass is 10.0. The Balaban J connectivity index is 1.47. The van der Waals surface area contributed by atoms with E-state index in [1.165, 1.54) is 24.1 Å². The summed E-state index contributed by atoms with van der Waals surface area (Å²) in [4.78, 5) is 6.49. The topological polar surface area (TPSA) is 59.1 Å². The van der Waals surface area contributed by atoms with Gasteiger partial charge < -0.3 is 20.5 Å². The van der Waals surface area contributed by atoms with E-state index in [1.54, 1.807) is 0 Å². The molecule has 0 radical (unpaired) electrons. The fourth-order valence-corrected chi connectivity index (χ4v) is 2.87. The number of aromatic nitrogens is 2. The third kappa shape index (κ3) is 3.55. The summed E-state index contributed by atoms with van der Waals surface area (Å²) in [6.45, 7) is 5.07. The number of hydrogen-bond donors (Lipinski definition) is 2. The number of anilines is 2. The maximum absolute atomic E-state index is 5.92. The molecule has 2 aromatic rings. The SMILES string of the molecule is Nc1ccc2c(c1)N(CCNCCn1ccnc1)CCC2. The fraction of sp³-hybridized carbons (Fsp3) is 0.438. The van der Waals surface area contributed by atoms with Gasteiger partial charge in [0.2, 0.25) is 0 Å². The Morgan fingerprint density at radius 2 is 2.14 bits per heavy atom. The highest BCUT2D eigenvalue weighted by molar-refractivity contribution is 5.62. The predicted octanol–water partition coefficient (Wildman–Crippen LogP) is 1.51. The van der Waals surface area contributed by atoms with Gasteiger partial charge in [0.1, 0.15) is 0 Å². The van der Waals surface area contributed by atoms with E-state index in [0.717, 1.165) is 38.4 Å². The van der Waals surface area contributed by atoms with Crippen LogP contribution in [0.25, 0.3) is 0 Å². The molecule has 1 aromatic carbocycles. The van der Waals surface area contributed by atoms with E-state index in [0.29, 0.717) is 0 Å². The van der Waals surface area contributed by atoms with Gasteiger partial charge >= 0.3 is 0 Å². The molecular weight excluding hydrogens is 262 g/mol. The molecule has 0 unspecified atom stereocenters. The average Bonchev–Trinajstić information content (AvgIpc) is 3.00. The third-order valence-corrected chi connectivity index (χ3v) is 3.99. The number of nitrogens with two attached hydrogens (primary N) is 1. The summed E-state index contributed by atoms with van der Waals surface area (Å²) in [6.07, 6.45) is 8.05. The van der Waals surface area contributed by atoms with Gasteiger partial charge in [0.25, 0.3) is 0 Å². The lowest BCUT2D eigenvalue weighted by Gasteiger charge is -2.31. The predicted molar refractivity (Wildman–Crippen MR) is 86.5 cm³/mol. The van der Waals surface area contributed by atoms with Crippen LogP contribution in [0.2, 0.25) is 0 Å². The minimum atomic E-state index is 0.855. The summed E-state index contributed by atoms with van der Waals surface area (Å²) >= 11 is 0. The number of aryl methyl sites for hydroxylation is 1. The van der Waals surface area contributed by atoms with Crippen LogP contribution in [0.4, 0.5) is 11.4 Å².